The first-order chi connectivity index (χ1) is 8.94. The highest BCUT2D eigenvalue weighted by atomic mass is 16.4. The van der Waals surface area contributed by atoms with Crippen LogP contribution >= 0.6 is 0 Å². The number of carbonyl (C=O) groups is 2. The number of aromatic hydroxyl groups is 1. The van der Waals surface area contributed by atoms with Gasteiger partial charge in [0, 0.05) is 19.3 Å². The Kier molecular flexibility index (Phi) is 3.42. The molecule has 0 aliphatic carbocycles. The number of pyridine rings is 1. The molecule has 0 unspecified atom stereocenters. The van der Waals surface area contributed by atoms with E-state index in [0.717, 1.165) is 0 Å². The van der Waals surface area contributed by atoms with Crippen LogP contribution in [0, 0.1) is 5.41 Å². The number of carbonyl (C=O) groups excluding carboxylic acids is 1. The molecule has 2 rings (SSSR count). The Hall–Kier alpha value is -2.11. The lowest BCUT2D eigenvalue weighted by molar-refractivity contribution is -0.150. The predicted octanol–water partition coefficient (Wildman–Crippen LogP) is 1.11. The number of carboxylic acids is 1. The van der Waals surface area contributed by atoms with E-state index in [2.05, 4.69) is 4.98 Å². The van der Waals surface area contributed by atoms with Crippen LogP contribution in [0.4, 0.5) is 0 Å². The summed E-state index contributed by atoms with van der Waals surface area (Å²) in [6.45, 7) is 2.45. The number of nitrogens with zero attached hydrogens (tertiary/aromatic N) is 2. The summed E-state index contributed by atoms with van der Waals surface area (Å²) < 4.78 is 0. The van der Waals surface area contributed by atoms with Gasteiger partial charge in [0.1, 0.15) is 5.75 Å². The molecule has 1 aromatic rings. The van der Waals surface area contributed by atoms with E-state index in [4.69, 9.17) is 5.11 Å². The van der Waals surface area contributed by atoms with Crippen LogP contribution in [0.15, 0.2) is 18.5 Å². The number of amides is 1. The van der Waals surface area contributed by atoms with Gasteiger partial charge in [-0.05, 0) is 25.8 Å². The Morgan fingerprint density at radius 3 is 2.53 bits per heavy atom. The lowest BCUT2D eigenvalue weighted by Gasteiger charge is -2.36. The molecule has 0 spiro atoms. The largest absolute Gasteiger partial charge is 0.505 e. The average molecular weight is 264 g/mol. The molecule has 2 heterocycles. The smallest absolute Gasteiger partial charge is 0.309 e. The Morgan fingerprint density at radius 1 is 1.37 bits per heavy atom. The average Bonchev–Trinajstić information content (AvgIpc) is 2.39. The molecule has 102 valence electrons. The molecule has 6 heteroatoms. The van der Waals surface area contributed by atoms with Crippen molar-refractivity contribution in [3.63, 3.8) is 0 Å². The van der Waals surface area contributed by atoms with Gasteiger partial charge in [0.2, 0.25) is 0 Å². The molecule has 0 saturated carbocycles. The van der Waals surface area contributed by atoms with Crippen molar-refractivity contribution >= 4 is 11.9 Å². The Bertz CT molecular complexity index is 507. The maximum atomic E-state index is 12.2. The number of hydrogen-bond donors (Lipinski definition) is 2. The fourth-order valence-electron chi connectivity index (χ4n) is 2.15. The van der Waals surface area contributed by atoms with Gasteiger partial charge in [-0.1, -0.05) is 0 Å². The number of aliphatic carboxylic acids is 1. The zero-order chi connectivity index (χ0) is 14.0. The molecule has 1 aromatic heterocycles. The molecule has 2 N–H and O–H groups in total. The van der Waals surface area contributed by atoms with Gasteiger partial charge < -0.3 is 15.1 Å². The van der Waals surface area contributed by atoms with E-state index >= 15 is 0 Å². The van der Waals surface area contributed by atoms with Gasteiger partial charge in [0.25, 0.3) is 5.91 Å². The zero-order valence-corrected chi connectivity index (χ0v) is 10.7. The van der Waals surface area contributed by atoms with Gasteiger partial charge in [0.05, 0.1) is 17.2 Å². The summed E-state index contributed by atoms with van der Waals surface area (Å²) in [4.78, 5) is 28.6. The third-order valence-corrected chi connectivity index (χ3v) is 3.70. The van der Waals surface area contributed by atoms with Crippen molar-refractivity contribution in [3.8, 4) is 5.75 Å². The molecule has 1 amide bonds. The Labute approximate surface area is 110 Å². The van der Waals surface area contributed by atoms with Crippen LogP contribution < -0.4 is 0 Å². The van der Waals surface area contributed by atoms with Crippen molar-refractivity contribution in [1.29, 1.82) is 0 Å². The number of carboxylic acid groups (broad SMARTS) is 1. The molecular weight excluding hydrogens is 248 g/mol. The lowest BCUT2D eigenvalue weighted by Crippen LogP contribution is -2.45. The molecular formula is C13H16N2O4. The SMILES string of the molecule is CC1(C(=O)O)CCN(C(=O)c2ccncc2O)CC1. The maximum Gasteiger partial charge on any atom is 0.309 e. The minimum atomic E-state index is -0.827. The van der Waals surface area contributed by atoms with Crippen molar-refractivity contribution in [1.82, 2.24) is 9.88 Å². The van der Waals surface area contributed by atoms with E-state index in [1.807, 2.05) is 0 Å². The fourth-order valence-corrected chi connectivity index (χ4v) is 2.15. The zero-order valence-electron chi connectivity index (χ0n) is 10.7. The van der Waals surface area contributed by atoms with Crippen LogP contribution in [0.2, 0.25) is 0 Å². The van der Waals surface area contributed by atoms with Crippen LogP contribution in [0.25, 0.3) is 0 Å². The Balaban J connectivity index is 2.08. The molecule has 6 nitrogen and oxygen atoms in total. The van der Waals surface area contributed by atoms with E-state index in [9.17, 15) is 14.7 Å². The number of piperidine rings is 1. The second kappa shape index (κ2) is 4.87. The van der Waals surface area contributed by atoms with E-state index in [-0.39, 0.29) is 17.2 Å². The molecule has 0 atom stereocenters. The number of hydrogen-bond acceptors (Lipinski definition) is 4. The van der Waals surface area contributed by atoms with Crippen molar-refractivity contribution in [2.24, 2.45) is 5.41 Å². The van der Waals surface area contributed by atoms with Crippen molar-refractivity contribution in [2.45, 2.75) is 19.8 Å². The van der Waals surface area contributed by atoms with E-state index in [1.54, 1.807) is 11.8 Å². The topological polar surface area (TPSA) is 90.7 Å². The molecule has 0 aromatic carbocycles. The van der Waals surface area contributed by atoms with E-state index < -0.39 is 11.4 Å². The van der Waals surface area contributed by atoms with Crippen molar-refractivity contribution in [3.05, 3.63) is 24.0 Å². The molecule has 1 aliphatic heterocycles. The van der Waals surface area contributed by atoms with Crippen LogP contribution in [-0.2, 0) is 4.79 Å². The second-order valence-corrected chi connectivity index (χ2v) is 5.05. The molecule has 1 fully saturated rings. The fraction of sp³-hybridized carbons (Fsp3) is 0.462. The van der Waals surface area contributed by atoms with Crippen molar-refractivity contribution < 1.29 is 19.8 Å². The summed E-state index contributed by atoms with van der Waals surface area (Å²) in [6, 6.07) is 1.46. The normalized spacial score (nSPS) is 18.1. The summed E-state index contributed by atoms with van der Waals surface area (Å²) in [5.41, 5.74) is -0.564. The highest BCUT2D eigenvalue weighted by Crippen LogP contribution is 2.32. The maximum absolute atomic E-state index is 12.2. The minimum absolute atomic E-state index is 0.154. The third kappa shape index (κ3) is 2.52. The van der Waals surface area contributed by atoms with Gasteiger partial charge in [-0.2, -0.15) is 0 Å². The summed E-state index contributed by atoms with van der Waals surface area (Å²) in [7, 11) is 0. The molecule has 0 radical (unpaired) electrons. The quantitative estimate of drug-likeness (QED) is 0.835. The minimum Gasteiger partial charge on any atom is -0.505 e. The summed E-state index contributed by atoms with van der Waals surface area (Å²) in [5.74, 6) is -1.27. The van der Waals surface area contributed by atoms with Gasteiger partial charge in [0.15, 0.2) is 0 Å². The lowest BCUT2D eigenvalue weighted by atomic mass is 9.80. The van der Waals surface area contributed by atoms with Crippen LogP contribution in [-0.4, -0.2) is 45.1 Å². The van der Waals surface area contributed by atoms with Crippen LogP contribution in [0.3, 0.4) is 0 Å². The van der Waals surface area contributed by atoms with Gasteiger partial charge >= 0.3 is 5.97 Å². The van der Waals surface area contributed by atoms with Gasteiger partial charge in [-0.15, -0.1) is 0 Å². The van der Waals surface area contributed by atoms with Gasteiger partial charge in [-0.3, -0.25) is 14.6 Å². The second-order valence-electron chi connectivity index (χ2n) is 5.05. The predicted molar refractivity (Wildman–Crippen MR) is 66.8 cm³/mol. The van der Waals surface area contributed by atoms with Crippen molar-refractivity contribution in [2.75, 3.05) is 13.1 Å². The highest BCUT2D eigenvalue weighted by Gasteiger charge is 2.38. The molecule has 1 aliphatic rings. The summed E-state index contributed by atoms with van der Waals surface area (Å²) >= 11 is 0. The molecule has 1 saturated heterocycles. The van der Waals surface area contributed by atoms with Crippen LogP contribution in [0.1, 0.15) is 30.1 Å². The first-order valence-electron chi connectivity index (χ1n) is 6.10. The van der Waals surface area contributed by atoms with E-state index in [0.29, 0.717) is 25.9 Å². The summed E-state index contributed by atoms with van der Waals surface area (Å²) in [6.07, 6.45) is 3.50. The number of aromatic nitrogens is 1. The van der Waals surface area contributed by atoms with E-state index in [1.165, 1.54) is 18.5 Å². The van der Waals surface area contributed by atoms with Crippen LogP contribution in [0.5, 0.6) is 5.75 Å². The highest BCUT2D eigenvalue weighted by molar-refractivity contribution is 5.96. The number of likely N-dealkylation sites (tertiary alicyclic amines) is 1. The molecule has 0 bridgehead atoms. The summed E-state index contributed by atoms with van der Waals surface area (Å²) in [5, 5.41) is 18.7. The molecule has 19 heavy (non-hydrogen) atoms. The first-order valence-corrected chi connectivity index (χ1v) is 6.10. The first kappa shape index (κ1) is 13.3. The third-order valence-electron chi connectivity index (χ3n) is 3.70. The Morgan fingerprint density at radius 2 is 2.00 bits per heavy atom. The monoisotopic (exact) mass is 264 g/mol. The van der Waals surface area contributed by atoms with Gasteiger partial charge in [-0.25, -0.2) is 0 Å². The number of rotatable bonds is 2. The standard InChI is InChI=1S/C13H16N2O4/c1-13(12(18)19)3-6-15(7-4-13)11(17)9-2-5-14-8-10(9)16/h2,5,8,16H,3-4,6-7H2,1H3,(H,18,19).